The molecule has 2 atom stereocenters. The zero-order valence-electron chi connectivity index (χ0n) is 15.5. The third-order valence-electron chi connectivity index (χ3n) is 5.19. The summed E-state index contributed by atoms with van der Waals surface area (Å²) in [5.41, 5.74) is 2.50. The molecule has 2 aromatic carbocycles. The van der Waals surface area contributed by atoms with Gasteiger partial charge < -0.3 is 15.1 Å². The SMILES string of the molecule is CC1Sc2ccc(C(=O)N3CCN(C)CC3c3ccccc3)cc2NC1=O. The summed E-state index contributed by atoms with van der Waals surface area (Å²) in [5.74, 6) is -0.00326. The van der Waals surface area contributed by atoms with Crippen LogP contribution in [0.15, 0.2) is 53.4 Å². The molecule has 2 aromatic rings. The first-order chi connectivity index (χ1) is 13.0. The molecule has 0 radical (unpaired) electrons. The van der Waals surface area contributed by atoms with Crippen LogP contribution in [0, 0.1) is 0 Å². The number of nitrogens with zero attached hydrogens (tertiary/aromatic N) is 2. The van der Waals surface area contributed by atoms with Crippen LogP contribution in [0.25, 0.3) is 0 Å². The second-order valence-corrected chi connectivity index (χ2v) is 8.53. The van der Waals surface area contributed by atoms with Gasteiger partial charge in [-0.15, -0.1) is 11.8 Å². The van der Waals surface area contributed by atoms with Crippen molar-refractivity contribution in [3.05, 3.63) is 59.7 Å². The molecule has 1 saturated heterocycles. The van der Waals surface area contributed by atoms with Crippen molar-refractivity contribution < 1.29 is 9.59 Å². The van der Waals surface area contributed by atoms with Gasteiger partial charge in [0.1, 0.15) is 0 Å². The summed E-state index contributed by atoms with van der Waals surface area (Å²) in [6, 6.07) is 15.8. The Labute approximate surface area is 163 Å². The van der Waals surface area contributed by atoms with Crippen molar-refractivity contribution >= 4 is 29.3 Å². The number of thioether (sulfide) groups is 1. The zero-order valence-corrected chi connectivity index (χ0v) is 16.3. The fourth-order valence-electron chi connectivity index (χ4n) is 3.63. The summed E-state index contributed by atoms with van der Waals surface area (Å²) in [7, 11) is 2.09. The standard InChI is InChI=1S/C21H23N3O2S/c1-14-20(25)22-17-12-16(8-9-19(17)27-14)21(26)24-11-10-23(2)13-18(24)15-6-4-3-5-7-15/h3-9,12,14,18H,10-11,13H2,1-2H3,(H,22,25). The van der Waals surface area contributed by atoms with E-state index in [0.29, 0.717) is 12.1 Å². The van der Waals surface area contributed by atoms with Crippen molar-refractivity contribution in [2.45, 2.75) is 23.1 Å². The predicted octanol–water partition coefficient (Wildman–Crippen LogP) is 3.25. The van der Waals surface area contributed by atoms with Gasteiger partial charge in [0.2, 0.25) is 5.91 Å². The Morgan fingerprint density at radius 3 is 2.70 bits per heavy atom. The van der Waals surface area contributed by atoms with Gasteiger partial charge in [0, 0.05) is 30.1 Å². The molecule has 6 heteroatoms. The van der Waals surface area contributed by atoms with Crippen LogP contribution in [0.4, 0.5) is 5.69 Å². The predicted molar refractivity (Wildman–Crippen MR) is 108 cm³/mol. The molecule has 0 aliphatic carbocycles. The maximum Gasteiger partial charge on any atom is 0.254 e. The third-order valence-corrected chi connectivity index (χ3v) is 6.36. The molecule has 2 unspecified atom stereocenters. The molecule has 2 aliphatic rings. The fourth-order valence-corrected chi connectivity index (χ4v) is 4.56. The van der Waals surface area contributed by atoms with E-state index in [1.165, 1.54) is 11.8 Å². The molecule has 1 fully saturated rings. The number of nitrogens with one attached hydrogen (secondary N) is 1. The van der Waals surface area contributed by atoms with Gasteiger partial charge in [0.25, 0.3) is 5.91 Å². The number of carbonyl (C=O) groups is 2. The highest BCUT2D eigenvalue weighted by atomic mass is 32.2. The van der Waals surface area contributed by atoms with E-state index in [0.717, 1.165) is 29.2 Å². The van der Waals surface area contributed by atoms with Crippen molar-refractivity contribution in [2.24, 2.45) is 0 Å². The summed E-state index contributed by atoms with van der Waals surface area (Å²) in [6.07, 6.45) is 0. The lowest BCUT2D eigenvalue weighted by atomic mass is 10.0. The van der Waals surface area contributed by atoms with Gasteiger partial charge in [0.15, 0.2) is 0 Å². The smallest absolute Gasteiger partial charge is 0.254 e. The van der Waals surface area contributed by atoms with Crippen molar-refractivity contribution in [3.8, 4) is 0 Å². The van der Waals surface area contributed by atoms with Crippen molar-refractivity contribution in [2.75, 3.05) is 32.0 Å². The van der Waals surface area contributed by atoms with Crippen LogP contribution < -0.4 is 5.32 Å². The van der Waals surface area contributed by atoms with Crippen LogP contribution in [0.3, 0.4) is 0 Å². The van der Waals surface area contributed by atoms with Crippen molar-refractivity contribution in [3.63, 3.8) is 0 Å². The van der Waals surface area contributed by atoms with Gasteiger partial charge in [-0.05, 0) is 37.7 Å². The van der Waals surface area contributed by atoms with Crippen molar-refractivity contribution in [1.29, 1.82) is 0 Å². The maximum atomic E-state index is 13.3. The van der Waals surface area contributed by atoms with Crippen LogP contribution in [-0.4, -0.2) is 53.5 Å². The number of amides is 2. The average molecular weight is 382 g/mol. The molecule has 27 heavy (non-hydrogen) atoms. The third kappa shape index (κ3) is 3.59. The van der Waals surface area contributed by atoms with Crippen molar-refractivity contribution in [1.82, 2.24) is 9.80 Å². The van der Waals surface area contributed by atoms with Crippen LogP contribution in [-0.2, 0) is 4.79 Å². The Balaban J connectivity index is 1.63. The Hall–Kier alpha value is -2.31. The van der Waals surface area contributed by atoms with Gasteiger partial charge in [-0.3, -0.25) is 9.59 Å². The first-order valence-electron chi connectivity index (χ1n) is 9.19. The second kappa shape index (κ2) is 7.37. The molecule has 5 nitrogen and oxygen atoms in total. The fraction of sp³-hybridized carbons (Fsp3) is 0.333. The van der Waals surface area contributed by atoms with E-state index in [1.807, 2.05) is 48.2 Å². The number of anilines is 1. The molecular formula is C21H23N3O2S. The number of piperazine rings is 1. The lowest BCUT2D eigenvalue weighted by molar-refractivity contribution is -0.115. The summed E-state index contributed by atoms with van der Waals surface area (Å²) in [6.45, 7) is 4.23. The summed E-state index contributed by atoms with van der Waals surface area (Å²) >= 11 is 1.53. The van der Waals surface area contributed by atoms with Gasteiger partial charge in [0.05, 0.1) is 17.0 Å². The monoisotopic (exact) mass is 381 g/mol. The van der Waals surface area contributed by atoms with E-state index in [9.17, 15) is 9.59 Å². The lowest BCUT2D eigenvalue weighted by Crippen LogP contribution is -2.49. The minimum Gasteiger partial charge on any atom is -0.329 e. The van der Waals surface area contributed by atoms with Gasteiger partial charge in [-0.2, -0.15) is 0 Å². The van der Waals surface area contributed by atoms with E-state index in [4.69, 9.17) is 0 Å². The largest absolute Gasteiger partial charge is 0.329 e. The molecule has 2 aliphatic heterocycles. The molecule has 1 N–H and O–H groups in total. The number of rotatable bonds is 2. The zero-order chi connectivity index (χ0) is 19.0. The highest BCUT2D eigenvalue weighted by Gasteiger charge is 2.31. The van der Waals surface area contributed by atoms with Crippen LogP contribution in [0.1, 0.15) is 28.9 Å². The average Bonchev–Trinajstić information content (AvgIpc) is 2.68. The Morgan fingerprint density at radius 1 is 1.15 bits per heavy atom. The molecule has 0 aromatic heterocycles. The minimum atomic E-state index is -0.112. The highest BCUT2D eigenvalue weighted by molar-refractivity contribution is 8.00. The van der Waals surface area contributed by atoms with E-state index in [-0.39, 0.29) is 23.1 Å². The first-order valence-corrected chi connectivity index (χ1v) is 10.1. The van der Waals surface area contributed by atoms with Crippen LogP contribution in [0.5, 0.6) is 0 Å². The van der Waals surface area contributed by atoms with Crippen LogP contribution >= 0.6 is 11.8 Å². The molecular weight excluding hydrogens is 358 g/mol. The number of likely N-dealkylation sites (N-methyl/N-ethyl adjacent to an activating group) is 1. The van der Waals surface area contributed by atoms with E-state index < -0.39 is 0 Å². The number of fused-ring (bicyclic) bond motifs is 1. The molecule has 0 saturated carbocycles. The Bertz CT molecular complexity index is 871. The van der Waals surface area contributed by atoms with Gasteiger partial charge in [-0.25, -0.2) is 0 Å². The molecule has 0 bridgehead atoms. The minimum absolute atomic E-state index is 0.0117. The molecule has 0 spiro atoms. The highest BCUT2D eigenvalue weighted by Crippen LogP contribution is 2.36. The summed E-state index contributed by atoms with van der Waals surface area (Å²) in [5, 5.41) is 2.81. The molecule has 2 amide bonds. The van der Waals surface area contributed by atoms with E-state index in [1.54, 1.807) is 0 Å². The first kappa shape index (κ1) is 18.1. The number of carbonyl (C=O) groups excluding carboxylic acids is 2. The van der Waals surface area contributed by atoms with E-state index in [2.05, 4.69) is 29.4 Å². The Morgan fingerprint density at radius 2 is 1.93 bits per heavy atom. The summed E-state index contributed by atoms with van der Waals surface area (Å²) in [4.78, 5) is 30.5. The molecule has 4 rings (SSSR count). The van der Waals surface area contributed by atoms with Gasteiger partial charge >= 0.3 is 0 Å². The lowest BCUT2D eigenvalue weighted by Gasteiger charge is -2.40. The van der Waals surface area contributed by atoms with E-state index >= 15 is 0 Å². The quantitative estimate of drug-likeness (QED) is 0.868. The Kier molecular flexibility index (Phi) is 4.93. The number of hydrogen-bond acceptors (Lipinski definition) is 4. The topological polar surface area (TPSA) is 52.7 Å². The van der Waals surface area contributed by atoms with Gasteiger partial charge in [-0.1, -0.05) is 30.3 Å². The van der Waals surface area contributed by atoms with Crippen LogP contribution in [0.2, 0.25) is 0 Å². The molecule has 140 valence electrons. The number of benzene rings is 2. The normalized spacial score (nSPS) is 22.9. The molecule has 2 heterocycles. The summed E-state index contributed by atoms with van der Waals surface area (Å²) < 4.78 is 0. The second-order valence-electron chi connectivity index (χ2n) is 7.15. The number of hydrogen-bond donors (Lipinski definition) is 1. The maximum absolute atomic E-state index is 13.3.